The number of amides is 2. The van der Waals surface area contributed by atoms with E-state index in [0.29, 0.717) is 24.2 Å². The standard InChI is InChI=1S/C22H37N5O3/c1-16-21(17(2)25(5)23-16)22(29)24(4)11-12-27(19-8-13-30-14-9-19)20-7-6-10-26(15-20)18(3)28/h19-20H,6-15H2,1-5H3. The van der Waals surface area contributed by atoms with Gasteiger partial charge in [0.2, 0.25) is 5.91 Å². The molecule has 1 unspecified atom stereocenters. The summed E-state index contributed by atoms with van der Waals surface area (Å²) in [6.45, 7) is 10.2. The summed E-state index contributed by atoms with van der Waals surface area (Å²) in [5.41, 5.74) is 2.38. The third kappa shape index (κ3) is 5.03. The molecule has 3 heterocycles. The largest absolute Gasteiger partial charge is 0.381 e. The number of aromatic nitrogens is 2. The molecule has 1 aromatic heterocycles. The minimum atomic E-state index is 0.0269. The molecule has 1 aromatic rings. The molecule has 1 atom stereocenters. The van der Waals surface area contributed by atoms with Crippen LogP contribution in [0.3, 0.4) is 0 Å². The number of likely N-dealkylation sites (tertiary alicyclic amines) is 1. The number of hydrogen-bond donors (Lipinski definition) is 0. The Kier molecular flexibility index (Phi) is 7.52. The minimum absolute atomic E-state index is 0.0269. The van der Waals surface area contributed by atoms with Gasteiger partial charge in [0.05, 0.1) is 11.3 Å². The van der Waals surface area contributed by atoms with Gasteiger partial charge in [-0.3, -0.25) is 19.2 Å². The molecule has 0 bridgehead atoms. The van der Waals surface area contributed by atoms with Gasteiger partial charge in [0.25, 0.3) is 5.91 Å². The molecule has 168 valence electrons. The smallest absolute Gasteiger partial charge is 0.257 e. The fraction of sp³-hybridized carbons (Fsp3) is 0.773. The van der Waals surface area contributed by atoms with Crippen molar-refractivity contribution in [1.29, 1.82) is 0 Å². The van der Waals surface area contributed by atoms with Gasteiger partial charge in [0, 0.05) is 78.2 Å². The Morgan fingerprint density at radius 2 is 1.83 bits per heavy atom. The average molecular weight is 420 g/mol. The van der Waals surface area contributed by atoms with E-state index in [0.717, 1.165) is 69.9 Å². The van der Waals surface area contributed by atoms with E-state index in [1.807, 2.05) is 37.7 Å². The number of likely N-dealkylation sites (N-methyl/N-ethyl adjacent to an activating group) is 1. The van der Waals surface area contributed by atoms with E-state index in [4.69, 9.17) is 4.74 Å². The first-order valence-electron chi connectivity index (χ1n) is 11.1. The number of aryl methyl sites for hydroxylation is 2. The predicted octanol–water partition coefficient (Wildman–Crippen LogP) is 1.60. The molecule has 30 heavy (non-hydrogen) atoms. The molecular formula is C22H37N5O3. The summed E-state index contributed by atoms with van der Waals surface area (Å²) in [7, 11) is 3.75. The van der Waals surface area contributed by atoms with Crippen LogP contribution >= 0.6 is 0 Å². The first kappa shape index (κ1) is 22.7. The number of piperidine rings is 1. The second-order valence-electron chi connectivity index (χ2n) is 8.74. The van der Waals surface area contributed by atoms with Crippen molar-refractivity contribution in [3.05, 3.63) is 17.0 Å². The van der Waals surface area contributed by atoms with Crippen LogP contribution in [0.4, 0.5) is 0 Å². The van der Waals surface area contributed by atoms with Crippen molar-refractivity contribution in [1.82, 2.24) is 24.5 Å². The van der Waals surface area contributed by atoms with Crippen LogP contribution in [0.15, 0.2) is 0 Å². The molecule has 3 rings (SSSR count). The topological polar surface area (TPSA) is 70.9 Å². The summed E-state index contributed by atoms with van der Waals surface area (Å²) in [5.74, 6) is 0.181. The Labute approximate surface area is 180 Å². The summed E-state index contributed by atoms with van der Waals surface area (Å²) in [5, 5.41) is 4.39. The normalized spacial score (nSPS) is 20.6. The Morgan fingerprint density at radius 1 is 1.13 bits per heavy atom. The van der Waals surface area contributed by atoms with Crippen LogP contribution in [0.5, 0.6) is 0 Å². The van der Waals surface area contributed by atoms with Crippen LogP contribution in [0.25, 0.3) is 0 Å². The number of nitrogens with zero attached hydrogens (tertiary/aromatic N) is 5. The predicted molar refractivity (Wildman–Crippen MR) is 115 cm³/mol. The lowest BCUT2D eigenvalue weighted by Crippen LogP contribution is -2.55. The lowest BCUT2D eigenvalue weighted by atomic mass is 9.98. The zero-order valence-electron chi connectivity index (χ0n) is 19.2. The first-order valence-corrected chi connectivity index (χ1v) is 11.1. The molecule has 0 spiro atoms. The number of ether oxygens (including phenoxy) is 1. The third-order valence-corrected chi connectivity index (χ3v) is 6.73. The zero-order valence-corrected chi connectivity index (χ0v) is 19.2. The maximum Gasteiger partial charge on any atom is 0.257 e. The number of carbonyl (C=O) groups is 2. The Morgan fingerprint density at radius 3 is 2.43 bits per heavy atom. The highest BCUT2D eigenvalue weighted by Crippen LogP contribution is 2.23. The second kappa shape index (κ2) is 9.92. The Balaban J connectivity index is 1.69. The molecule has 0 aromatic carbocycles. The molecule has 2 amide bonds. The molecule has 2 aliphatic rings. The van der Waals surface area contributed by atoms with Crippen molar-refractivity contribution in [2.45, 2.75) is 58.5 Å². The molecule has 0 aliphatic carbocycles. The monoisotopic (exact) mass is 419 g/mol. The second-order valence-corrected chi connectivity index (χ2v) is 8.74. The maximum absolute atomic E-state index is 13.1. The van der Waals surface area contributed by atoms with Gasteiger partial charge < -0.3 is 14.5 Å². The number of rotatable bonds is 6. The van der Waals surface area contributed by atoms with Crippen molar-refractivity contribution in [3.63, 3.8) is 0 Å². The number of hydrogen-bond acceptors (Lipinski definition) is 5. The van der Waals surface area contributed by atoms with E-state index in [1.165, 1.54) is 0 Å². The molecule has 2 aliphatic heterocycles. The summed E-state index contributed by atoms with van der Waals surface area (Å²) in [6.07, 6.45) is 4.15. The summed E-state index contributed by atoms with van der Waals surface area (Å²) in [4.78, 5) is 31.4. The van der Waals surface area contributed by atoms with Crippen molar-refractivity contribution in [2.24, 2.45) is 7.05 Å². The van der Waals surface area contributed by atoms with Crippen LogP contribution < -0.4 is 0 Å². The van der Waals surface area contributed by atoms with Crippen molar-refractivity contribution < 1.29 is 14.3 Å². The fourth-order valence-corrected chi connectivity index (χ4v) is 4.83. The van der Waals surface area contributed by atoms with Gasteiger partial charge in [-0.25, -0.2) is 0 Å². The van der Waals surface area contributed by atoms with Crippen LogP contribution in [0, 0.1) is 13.8 Å². The van der Waals surface area contributed by atoms with E-state index in [9.17, 15) is 9.59 Å². The molecule has 0 radical (unpaired) electrons. The molecule has 2 saturated heterocycles. The molecule has 2 fully saturated rings. The lowest BCUT2D eigenvalue weighted by molar-refractivity contribution is -0.131. The Bertz CT molecular complexity index is 756. The van der Waals surface area contributed by atoms with E-state index >= 15 is 0 Å². The van der Waals surface area contributed by atoms with E-state index in [-0.39, 0.29) is 11.8 Å². The van der Waals surface area contributed by atoms with Gasteiger partial charge in [0.15, 0.2) is 0 Å². The highest BCUT2D eigenvalue weighted by Gasteiger charge is 2.32. The van der Waals surface area contributed by atoms with E-state index in [1.54, 1.807) is 11.6 Å². The van der Waals surface area contributed by atoms with Crippen LogP contribution in [0.1, 0.15) is 54.4 Å². The number of carbonyl (C=O) groups excluding carboxylic acids is 2. The van der Waals surface area contributed by atoms with Crippen LogP contribution in [-0.2, 0) is 16.6 Å². The average Bonchev–Trinajstić information content (AvgIpc) is 2.99. The van der Waals surface area contributed by atoms with Crippen LogP contribution in [0.2, 0.25) is 0 Å². The minimum Gasteiger partial charge on any atom is -0.381 e. The fourth-order valence-electron chi connectivity index (χ4n) is 4.83. The zero-order chi connectivity index (χ0) is 21.8. The van der Waals surface area contributed by atoms with E-state index in [2.05, 4.69) is 10.00 Å². The summed E-state index contributed by atoms with van der Waals surface area (Å²) in [6, 6.07) is 0.789. The quantitative estimate of drug-likeness (QED) is 0.701. The van der Waals surface area contributed by atoms with Gasteiger partial charge in [-0.1, -0.05) is 0 Å². The van der Waals surface area contributed by atoms with Gasteiger partial charge in [-0.05, 0) is 39.5 Å². The third-order valence-electron chi connectivity index (χ3n) is 6.73. The highest BCUT2D eigenvalue weighted by atomic mass is 16.5. The van der Waals surface area contributed by atoms with Gasteiger partial charge in [0.1, 0.15) is 0 Å². The molecular weight excluding hydrogens is 382 g/mol. The van der Waals surface area contributed by atoms with Gasteiger partial charge in [-0.15, -0.1) is 0 Å². The van der Waals surface area contributed by atoms with Crippen molar-refractivity contribution in [2.75, 3.05) is 46.4 Å². The molecule has 8 nitrogen and oxygen atoms in total. The van der Waals surface area contributed by atoms with Crippen LogP contribution in [-0.4, -0.2) is 94.8 Å². The first-order chi connectivity index (χ1) is 14.3. The van der Waals surface area contributed by atoms with Crippen molar-refractivity contribution in [3.8, 4) is 0 Å². The lowest BCUT2D eigenvalue weighted by Gasteiger charge is -2.44. The van der Waals surface area contributed by atoms with Gasteiger partial charge in [-0.2, -0.15) is 5.10 Å². The molecule has 0 saturated carbocycles. The Hall–Kier alpha value is -1.93. The van der Waals surface area contributed by atoms with Gasteiger partial charge >= 0.3 is 0 Å². The SMILES string of the molecule is CC(=O)N1CCCC(N(CCN(C)C(=O)c2c(C)nn(C)c2C)C2CCOCC2)C1. The summed E-state index contributed by atoms with van der Waals surface area (Å²) < 4.78 is 7.35. The van der Waals surface area contributed by atoms with Crippen molar-refractivity contribution >= 4 is 11.8 Å². The molecule has 0 N–H and O–H groups in total. The maximum atomic E-state index is 13.1. The highest BCUT2D eigenvalue weighted by molar-refractivity contribution is 5.96. The summed E-state index contributed by atoms with van der Waals surface area (Å²) >= 11 is 0. The molecule has 8 heteroatoms. The van der Waals surface area contributed by atoms with E-state index < -0.39 is 0 Å².